The molecule has 0 amide bonds. The van der Waals surface area contributed by atoms with Crippen LogP contribution in [0.4, 0.5) is 0 Å². The fourth-order valence-corrected chi connectivity index (χ4v) is 3.17. The number of thioether (sulfide) groups is 1. The molecule has 6 heteroatoms. The Bertz CT molecular complexity index is 949. The SMILES string of the molecule is Cn1c2ccccc2c2nnc(SCc3ccccn3)nc21. The largest absolute Gasteiger partial charge is 0.327 e. The van der Waals surface area contributed by atoms with Crippen LogP contribution in [-0.2, 0) is 12.8 Å². The lowest BCUT2D eigenvalue weighted by Crippen LogP contribution is -1.96. The van der Waals surface area contributed by atoms with E-state index < -0.39 is 0 Å². The number of rotatable bonds is 3. The molecular formula is C16H13N5S. The fraction of sp³-hybridized carbons (Fsp3) is 0.125. The minimum absolute atomic E-state index is 0.670. The van der Waals surface area contributed by atoms with Gasteiger partial charge in [0.1, 0.15) is 5.52 Å². The molecule has 0 aliphatic heterocycles. The fourth-order valence-electron chi connectivity index (χ4n) is 2.48. The van der Waals surface area contributed by atoms with Crippen molar-refractivity contribution in [1.29, 1.82) is 0 Å². The highest BCUT2D eigenvalue weighted by Gasteiger charge is 2.12. The van der Waals surface area contributed by atoms with E-state index in [2.05, 4.69) is 36.9 Å². The van der Waals surface area contributed by atoms with Crippen molar-refractivity contribution in [2.75, 3.05) is 0 Å². The molecule has 0 fully saturated rings. The van der Waals surface area contributed by atoms with Crippen molar-refractivity contribution < 1.29 is 0 Å². The molecule has 108 valence electrons. The molecule has 0 bridgehead atoms. The molecule has 3 aromatic heterocycles. The zero-order valence-corrected chi connectivity index (χ0v) is 12.8. The van der Waals surface area contributed by atoms with Crippen molar-refractivity contribution in [3.05, 3.63) is 54.4 Å². The van der Waals surface area contributed by atoms with Gasteiger partial charge in [0.05, 0.1) is 11.2 Å². The number of aryl methyl sites for hydroxylation is 1. The van der Waals surface area contributed by atoms with E-state index in [4.69, 9.17) is 0 Å². The summed E-state index contributed by atoms with van der Waals surface area (Å²) in [5.74, 6) is 0.734. The molecule has 0 saturated carbocycles. The van der Waals surface area contributed by atoms with Crippen LogP contribution in [0.2, 0.25) is 0 Å². The number of pyridine rings is 1. The molecule has 5 nitrogen and oxygen atoms in total. The number of aromatic nitrogens is 5. The van der Waals surface area contributed by atoms with Gasteiger partial charge in [-0.1, -0.05) is 36.0 Å². The van der Waals surface area contributed by atoms with Crippen LogP contribution >= 0.6 is 11.8 Å². The molecular weight excluding hydrogens is 294 g/mol. The molecule has 0 aliphatic carbocycles. The van der Waals surface area contributed by atoms with Gasteiger partial charge in [-0.25, -0.2) is 4.98 Å². The highest BCUT2D eigenvalue weighted by Crippen LogP contribution is 2.26. The van der Waals surface area contributed by atoms with E-state index in [1.165, 1.54) is 0 Å². The lowest BCUT2D eigenvalue weighted by Gasteiger charge is -2.00. The Morgan fingerprint density at radius 2 is 1.91 bits per heavy atom. The van der Waals surface area contributed by atoms with E-state index in [9.17, 15) is 0 Å². The summed E-state index contributed by atoms with van der Waals surface area (Å²) in [5, 5.41) is 10.4. The first kappa shape index (κ1) is 13.2. The number of nitrogens with zero attached hydrogens (tertiary/aromatic N) is 5. The van der Waals surface area contributed by atoms with Gasteiger partial charge in [-0.05, 0) is 18.2 Å². The Morgan fingerprint density at radius 3 is 2.77 bits per heavy atom. The van der Waals surface area contributed by atoms with E-state index >= 15 is 0 Å². The van der Waals surface area contributed by atoms with Crippen molar-refractivity contribution in [2.45, 2.75) is 10.9 Å². The first-order valence-corrected chi connectivity index (χ1v) is 7.92. The molecule has 0 unspecified atom stereocenters. The van der Waals surface area contributed by atoms with E-state index in [-0.39, 0.29) is 0 Å². The third-order valence-corrected chi connectivity index (χ3v) is 4.43. The zero-order chi connectivity index (χ0) is 14.9. The highest BCUT2D eigenvalue weighted by atomic mass is 32.2. The molecule has 0 aliphatic rings. The summed E-state index contributed by atoms with van der Waals surface area (Å²) in [6.45, 7) is 0. The van der Waals surface area contributed by atoms with Crippen LogP contribution in [0.1, 0.15) is 5.69 Å². The second kappa shape index (κ2) is 5.38. The first-order chi connectivity index (χ1) is 10.8. The van der Waals surface area contributed by atoms with Gasteiger partial charge in [0.2, 0.25) is 5.16 Å². The standard InChI is InChI=1S/C16H13N5S/c1-21-13-8-3-2-7-12(13)14-15(21)18-16(20-19-14)22-10-11-6-4-5-9-17-11/h2-9H,10H2,1H3. The Morgan fingerprint density at radius 1 is 1.05 bits per heavy atom. The van der Waals surface area contributed by atoms with Crippen LogP contribution in [0.25, 0.3) is 22.1 Å². The van der Waals surface area contributed by atoms with E-state index in [1.807, 2.05) is 37.4 Å². The Hall–Kier alpha value is -2.47. The van der Waals surface area contributed by atoms with Crippen LogP contribution in [0.5, 0.6) is 0 Å². The van der Waals surface area contributed by atoms with Gasteiger partial charge in [-0.2, -0.15) is 0 Å². The van der Waals surface area contributed by atoms with Crippen molar-refractivity contribution in [1.82, 2.24) is 24.7 Å². The number of hydrogen-bond acceptors (Lipinski definition) is 5. The van der Waals surface area contributed by atoms with E-state index in [0.29, 0.717) is 5.16 Å². The Balaban J connectivity index is 1.71. The summed E-state index contributed by atoms with van der Waals surface area (Å²) in [6, 6.07) is 14.0. The molecule has 0 radical (unpaired) electrons. The molecule has 0 saturated heterocycles. The Kier molecular flexibility index (Phi) is 3.23. The normalized spacial score (nSPS) is 11.3. The molecule has 1 aromatic carbocycles. The maximum Gasteiger partial charge on any atom is 0.211 e. The molecule has 0 spiro atoms. The second-order valence-corrected chi connectivity index (χ2v) is 5.90. The van der Waals surface area contributed by atoms with Crippen LogP contribution in [0.3, 0.4) is 0 Å². The quantitative estimate of drug-likeness (QED) is 0.544. The Labute approximate surface area is 131 Å². The summed E-state index contributed by atoms with van der Waals surface area (Å²) in [5.41, 5.74) is 3.83. The lowest BCUT2D eigenvalue weighted by molar-refractivity contribution is 0.854. The molecule has 4 rings (SSSR count). The number of benzene rings is 1. The third kappa shape index (κ3) is 2.21. The third-order valence-electron chi connectivity index (χ3n) is 3.56. The lowest BCUT2D eigenvalue weighted by atomic mass is 10.2. The minimum Gasteiger partial charge on any atom is -0.327 e. The number of para-hydroxylation sites is 1. The maximum absolute atomic E-state index is 4.65. The number of hydrogen-bond donors (Lipinski definition) is 0. The van der Waals surface area contributed by atoms with Gasteiger partial charge < -0.3 is 4.57 Å². The molecule has 4 aromatic rings. The predicted molar refractivity (Wildman–Crippen MR) is 87.6 cm³/mol. The van der Waals surface area contributed by atoms with Gasteiger partial charge in [0, 0.05) is 24.4 Å². The molecule has 22 heavy (non-hydrogen) atoms. The van der Waals surface area contributed by atoms with Gasteiger partial charge >= 0.3 is 0 Å². The first-order valence-electron chi connectivity index (χ1n) is 6.93. The smallest absolute Gasteiger partial charge is 0.211 e. The highest BCUT2D eigenvalue weighted by molar-refractivity contribution is 7.98. The van der Waals surface area contributed by atoms with E-state index in [1.54, 1.807) is 18.0 Å². The summed E-state index contributed by atoms with van der Waals surface area (Å²) in [7, 11) is 2.01. The van der Waals surface area contributed by atoms with Crippen LogP contribution in [-0.4, -0.2) is 24.7 Å². The second-order valence-electron chi connectivity index (χ2n) is 4.95. The van der Waals surface area contributed by atoms with Gasteiger partial charge in [0.25, 0.3) is 0 Å². The summed E-state index contributed by atoms with van der Waals surface area (Å²) in [4.78, 5) is 8.96. The van der Waals surface area contributed by atoms with Gasteiger partial charge in [-0.15, -0.1) is 10.2 Å². The van der Waals surface area contributed by atoms with Crippen molar-refractivity contribution in [3.8, 4) is 0 Å². The average molecular weight is 307 g/mol. The topological polar surface area (TPSA) is 56.5 Å². The molecule has 3 heterocycles. The van der Waals surface area contributed by atoms with Gasteiger partial charge in [0.15, 0.2) is 5.65 Å². The summed E-state index contributed by atoms with van der Waals surface area (Å²) in [6.07, 6.45) is 1.79. The van der Waals surface area contributed by atoms with Crippen LogP contribution < -0.4 is 0 Å². The molecule has 0 atom stereocenters. The van der Waals surface area contributed by atoms with Gasteiger partial charge in [-0.3, -0.25) is 4.98 Å². The minimum atomic E-state index is 0.670. The van der Waals surface area contributed by atoms with E-state index in [0.717, 1.165) is 33.5 Å². The zero-order valence-electron chi connectivity index (χ0n) is 12.0. The van der Waals surface area contributed by atoms with Crippen LogP contribution in [0.15, 0.2) is 53.8 Å². The monoisotopic (exact) mass is 307 g/mol. The van der Waals surface area contributed by atoms with Crippen molar-refractivity contribution in [2.24, 2.45) is 7.05 Å². The maximum atomic E-state index is 4.65. The summed E-state index contributed by atoms with van der Waals surface area (Å²) < 4.78 is 2.06. The van der Waals surface area contributed by atoms with Crippen molar-refractivity contribution in [3.63, 3.8) is 0 Å². The average Bonchev–Trinajstić information content (AvgIpc) is 2.87. The molecule has 0 N–H and O–H groups in total. The van der Waals surface area contributed by atoms with Crippen molar-refractivity contribution >= 4 is 33.8 Å². The van der Waals surface area contributed by atoms with Crippen LogP contribution in [0, 0.1) is 0 Å². The number of fused-ring (bicyclic) bond motifs is 3. The summed E-state index contributed by atoms with van der Waals surface area (Å²) >= 11 is 1.55. The predicted octanol–water partition coefficient (Wildman–Crippen LogP) is 3.20.